The molecule has 0 aromatic rings. The van der Waals surface area contributed by atoms with Crippen LogP contribution in [0.5, 0.6) is 0 Å². The standard InChI is InChI=1S/C72H121NO13/c1-3-5-7-9-11-13-15-16-17-18-19-20-21-22-23-24-25-26-27-28-29-30-31-32-33-34-35-36-37-38-39-40-41-42-43-44-46-48-50-52-54-56-64(77)73-60(61(76)55-53-51-49-47-45-14-12-10-8-6-4-2)59-83-71-69(82)67(80)70(63(58-75)85-71)86-72-68(81)66(79)65(78)62(57-74)84-72/h5,7,11,13,16-17,19-20,22-23,25-26,28-29,31-32,34-35,53,55,60-63,65-72,74-76,78-82H,3-4,6,8-10,12,14-15,18,21,24,27,30,33,36-52,54,56-59H2,1-2H3,(H,73,77)/b7-5-,13-11-,17-16-,20-19-,23-22-,26-25-,29-28-,32-31-,35-34-,55-53+. The molecule has 0 bridgehead atoms. The molecule has 2 fully saturated rings. The molecule has 0 aromatic heterocycles. The lowest BCUT2D eigenvalue weighted by Gasteiger charge is -2.46. The van der Waals surface area contributed by atoms with E-state index in [4.69, 9.17) is 18.9 Å². The van der Waals surface area contributed by atoms with Crippen LogP contribution in [0.25, 0.3) is 0 Å². The number of hydrogen-bond acceptors (Lipinski definition) is 13. The van der Waals surface area contributed by atoms with Crippen LogP contribution in [0.1, 0.15) is 232 Å². The van der Waals surface area contributed by atoms with E-state index in [-0.39, 0.29) is 18.9 Å². The molecule has 12 unspecified atom stereocenters. The fraction of sp³-hybridized carbons (Fsp3) is 0.708. The third-order valence-corrected chi connectivity index (χ3v) is 15.7. The van der Waals surface area contributed by atoms with Crippen LogP contribution in [0.2, 0.25) is 0 Å². The van der Waals surface area contributed by atoms with Crippen molar-refractivity contribution < 1.29 is 64.6 Å². The third kappa shape index (κ3) is 39.4. The first-order valence-electron chi connectivity index (χ1n) is 33.8. The summed E-state index contributed by atoms with van der Waals surface area (Å²) in [6.07, 6.45) is 64.1. The number of ether oxygens (including phenoxy) is 4. The van der Waals surface area contributed by atoms with Crippen LogP contribution in [0.15, 0.2) is 122 Å². The molecule has 0 saturated carbocycles. The molecule has 0 aromatic carbocycles. The van der Waals surface area contributed by atoms with Gasteiger partial charge in [-0.15, -0.1) is 0 Å². The lowest BCUT2D eigenvalue weighted by Crippen LogP contribution is -2.65. The molecular weight excluding hydrogens is 1090 g/mol. The predicted molar refractivity (Wildman–Crippen MR) is 350 cm³/mol. The number of aliphatic hydroxyl groups is 8. The Morgan fingerprint density at radius 3 is 1.23 bits per heavy atom. The first-order valence-corrected chi connectivity index (χ1v) is 33.8. The Morgan fingerprint density at radius 1 is 0.430 bits per heavy atom. The van der Waals surface area contributed by atoms with Crippen LogP contribution in [-0.2, 0) is 23.7 Å². The maximum absolute atomic E-state index is 13.3. The molecule has 2 aliphatic heterocycles. The highest BCUT2D eigenvalue weighted by atomic mass is 16.7. The van der Waals surface area contributed by atoms with Gasteiger partial charge in [0.2, 0.25) is 5.91 Å². The fourth-order valence-electron chi connectivity index (χ4n) is 10.3. The summed E-state index contributed by atoms with van der Waals surface area (Å²) in [5.41, 5.74) is 0. The number of allylic oxidation sites excluding steroid dienone is 19. The molecule has 2 saturated heterocycles. The van der Waals surface area contributed by atoms with E-state index >= 15 is 0 Å². The Hall–Kier alpha value is -3.61. The zero-order valence-corrected chi connectivity index (χ0v) is 53.3. The van der Waals surface area contributed by atoms with E-state index in [0.29, 0.717) is 6.42 Å². The molecule has 0 spiro atoms. The molecule has 0 aliphatic carbocycles. The van der Waals surface area contributed by atoms with Gasteiger partial charge in [0, 0.05) is 6.42 Å². The molecule has 492 valence electrons. The van der Waals surface area contributed by atoms with Gasteiger partial charge in [0.15, 0.2) is 12.6 Å². The van der Waals surface area contributed by atoms with Gasteiger partial charge in [0.25, 0.3) is 0 Å². The monoisotopic (exact) mass is 1210 g/mol. The summed E-state index contributed by atoms with van der Waals surface area (Å²) in [5.74, 6) is -0.246. The molecular formula is C72H121NO13. The molecule has 14 nitrogen and oxygen atoms in total. The largest absolute Gasteiger partial charge is 0.394 e. The second-order valence-corrected chi connectivity index (χ2v) is 23.2. The molecule has 86 heavy (non-hydrogen) atoms. The van der Waals surface area contributed by atoms with E-state index in [2.05, 4.69) is 129 Å². The van der Waals surface area contributed by atoms with Crippen molar-refractivity contribution in [3.63, 3.8) is 0 Å². The number of rotatable bonds is 53. The Balaban J connectivity index is 1.57. The number of amides is 1. The molecule has 0 radical (unpaired) electrons. The molecule has 2 rings (SSSR count). The smallest absolute Gasteiger partial charge is 0.220 e. The van der Waals surface area contributed by atoms with Gasteiger partial charge in [-0.3, -0.25) is 4.79 Å². The lowest BCUT2D eigenvalue weighted by molar-refractivity contribution is -0.359. The molecule has 2 aliphatic rings. The SMILES string of the molecule is CC/C=C\C/C=C\C/C=C\C/C=C\C/C=C\C/C=C\C/C=C\C/C=C\C/C=C\CCCCCCCCCCCCCCCC(=O)NC(COC1OC(CO)C(OC2OC(CO)C(O)C(O)C2O)C(O)C1O)C(O)/C=C/CCCCCCCCCCC. The number of carbonyl (C=O) groups is 1. The minimum Gasteiger partial charge on any atom is -0.394 e. The maximum atomic E-state index is 13.3. The number of nitrogens with one attached hydrogen (secondary N) is 1. The highest BCUT2D eigenvalue weighted by Crippen LogP contribution is 2.30. The van der Waals surface area contributed by atoms with E-state index in [1.165, 1.54) is 103 Å². The van der Waals surface area contributed by atoms with E-state index in [1.54, 1.807) is 6.08 Å². The average molecular weight is 1210 g/mol. The maximum Gasteiger partial charge on any atom is 0.220 e. The summed E-state index contributed by atoms with van der Waals surface area (Å²) in [5, 5.41) is 87.1. The minimum atomic E-state index is -1.79. The second kappa shape index (κ2) is 55.5. The van der Waals surface area contributed by atoms with Gasteiger partial charge in [-0.1, -0.05) is 257 Å². The van der Waals surface area contributed by atoms with Crippen LogP contribution < -0.4 is 5.32 Å². The average Bonchev–Trinajstić information content (AvgIpc) is 1.60. The molecule has 1 amide bonds. The number of carbonyl (C=O) groups excluding carboxylic acids is 1. The highest BCUT2D eigenvalue weighted by Gasteiger charge is 2.51. The van der Waals surface area contributed by atoms with Crippen LogP contribution in [0, 0.1) is 0 Å². The first-order chi connectivity index (χ1) is 42.1. The predicted octanol–water partition coefficient (Wildman–Crippen LogP) is 13.3. The summed E-state index contributed by atoms with van der Waals surface area (Å²) in [7, 11) is 0. The topological polar surface area (TPSA) is 228 Å². The summed E-state index contributed by atoms with van der Waals surface area (Å²) in [6.45, 7) is 2.65. The highest BCUT2D eigenvalue weighted by molar-refractivity contribution is 5.76. The van der Waals surface area contributed by atoms with Crippen molar-refractivity contribution in [2.24, 2.45) is 0 Å². The van der Waals surface area contributed by atoms with Gasteiger partial charge < -0.3 is 65.1 Å². The quantitative estimate of drug-likeness (QED) is 0.0204. The number of aliphatic hydroxyl groups excluding tert-OH is 8. The van der Waals surface area contributed by atoms with Crippen molar-refractivity contribution in [1.29, 1.82) is 0 Å². The Bertz CT molecular complexity index is 1910. The van der Waals surface area contributed by atoms with E-state index in [0.717, 1.165) is 103 Å². The van der Waals surface area contributed by atoms with Gasteiger partial charge in [-0.25, -0.2) is 0 Å². The molecule has 9 N–H and O–H groups in total. The van der Waals surface area contributed by atoms with Gasteiger partial charge >= 0.3 is 0 Å². The Kier molecular flexibility index (Phi) is 50.6. The molecule has 12 atom stereocenters. The van der Waals surface area contributed by atoms with Crippen molar-refractivity contribution in [3.05, 3.63) is 122 Å². The summed E-state index contributed by atoms with van der Waals surface area (Å²) in [4.78, 5) is 13.3. The fourth-order valence-corrected chi connectivity index (χ4v) is 10.3. The summed E-state index contributed by atoms with van der Waals surface area (Å²) in [6, 6.07) is -0.920. The van der Waals surface area contributed by atoms with Crippen LogP contribution in [0.3, 0.4) is 0 Å². The zero-order chi connectivity index (χ0) is 62.3. The van der Waals surface area contributed by atoms with Crippen molar-refractivity contribution in [2.45, 2.75) is 306 Å². The van der Waals surface area contributed by atoms with E-state index in [9.17, 15) is 45.6 Å². The zero-order valence-electron chi connectivity index (χ0n) is 53.3. The second-order valence-electron chi connectivity index (χ2n) is 23.2. The van der Waals surface area contributed by atoms with Gasteiger partial charge in [-0.05, 0) is 89.9 Å². The van der Waals surface area contributed by atoms with Crippen molar-refractivity contribution >= 4 is 5.91 Å². The summed E-state index contributed by atoms with van der Waals surface area (Å²) >= 11 is 0. The normalized spacial score (nSPS) is 24.2. The Morgan fingerprint density at radius 2 is 0.802 bits per heavy atom. The van der Waals surface area contributed by atoms with E-state index in [1.807, 2.05) is 6.08 Å². The number of hydrogen-bond donors (Lipinski definition) is 9. The van der Waals surface area contributed by atoms with Crippen molar-refractivity contribution in [1.82, 2.24) is 5.32 Å². The Labute approximate surface area is 520 Å². The number of unbranched alkanes of at least 4 members (excludes halogenated alkanes) is 22. The van der Waals surface area contributed by atoms with E-state index < -0.39 is 86.8 Å². The van der Waals surface area contributed by atoms with Crippen LogP contribution in [0.4, 0.5) is 0 Å². The summed E-state index contributed by atoms with van der Waals surface area (Å²) < 4.78 is 22.8. The van der Waals surface area contributed by atoms with Gasteiger partial charge in [0.1, 0.15) is 48.8 Å². The van der Waals surface area contributed by atoms with Gasteiger partial charge in [-0.2, -0.15) is 0 Å². The molecule has 14 heteroatoms. The molecule has 2 heterocycles. The lowest BCUT2D eigenvalue weighted by atomic mass is 9.97. The van der Waals surface area contributed by atoms with Crippen molar-refractivity contribution in [2.75, 3.05) is 19.8 Å². The first kappa shape index (κ1) is 78.5. The minimum absolute atomic E-state index is 0.246. The van der Waals surface area contributed by atoms with Crippen molar-refractivity contribution in [3.8, 4) is 0 Å². The van der Waals surface area contributed by atoms with Crippen LogP contribution in [-0.4, -0.2) is 140 Å². The van der Waals surface area contributed by atoms with Crippen LogP contribution >= 0.6 is 0 Å². The third-order valence-electron chi connectivity index (χ3n) is 15.7. The van der Waals surface area contributed by atoms with Gasteiger partial charge in [0.05, 0.1) is 32.0 Å².